The number of pyridine rings is 2. The zero-order valence-electron chi connectivity index (χ0n) is 15.6. The quantitative estimate of drug-likeness (QED) is 0.826. The summed E-state index contributed by atoms with van der Waals surface area (Å²) < 4.78 is 12.3. The highest BCUT2D eigenvalue weighted by atomic mass is 16.6. The average Bonchev–Trinajstić information content (AvgIpc) is 2.99. The second-order valence-electron chi connectivity index (χ2n) is 7.84. The summed E-state index contributed by atoms with van der Waals surface area (Å²) in [7, 11) is 0. The fourth-order valence-corrected chi connectivity index (χ4v) is 4.21. The lowest BCUT2D eigenvalue weighted by Crippen LogP contribution is -2.41. The molecule has 3 atom stereocenters. The van der Waals surface area contributed by atoms with Crippen LogP contribution in [0.15, 0.2) is 42.9 Å². The Balaban J connectivity index is 1.34. The van der Waals surface area contributed by atoms with Gasteiger partial charge in [-0.15, -0.1) is 0 Å². The van der Waals surface area contributed by atoms with Gasteiger partial charge in [-0.05, 0) is 50.5 Å². The van der Waals surface area contributed by atoms with Crippen LogP contribution in [0.25, 0.3) is 0 Å². The summed E-state index contributed by atoms with van der Waals surface area (Å²) in [6.45, 7) is 7.96. The number of piperidine rings is 1. The van der Waals surface area contributed by atoms with Crippen molar-refractivity contribution in [1.82, 2.24) is 14.9 Å². The van der Waals surface area contributed by atoms with Gasteiger partial charge in [-0.2, -0.15) is 0 Å². The number of aryl methyl sites for hydroxylation is 1. The van der Waals surface area contributed by atoms with E-state index in [0.29, 0.717) is 18.6 Å². The smallest absolute Gasteiger partial charge is 0.137 e. The Morgan fingerprint density at radius 3 is 3.00 bits per heavy atom. The van der Waals surface area contributed by atoms with E-state index in [-0.39, 0.29) is 5.60 Å². The normalized spacial score (nSPS) is 28.7. The maximum atomic E-state index is 6.41. The van der Waals surface area contributed by atoms with Gasteiger partial charge < -0.3 is 9.47 Å². The van der Waals surface area contributed by atoms with E-state index in [1.165, 1.54) is 11.3 Å². The van der Waals surface area contributed by atoms with Gasteiger partial charge in [0.25, 0.3) is 0 Å². The standard InChI is InChI=1S/C21H27N3O2/c1-16-5-3-9-23-19(16)14-24-10-7-20-17(13-24)11-21(2,26-20)15-25-18-6-4-8-22-12-18/h3-6,8-9,12,17,20H,7,10-11,13-15H2,1-2H3/t17-,20+,21-/m1/s1. The molecule has 0 amide bonds. The van der Waals surface area contributed by atoms with E-state index in [1.54, 1.807) is 12.4 Å². The number of hydrogen-bond acceptors (Lipinski definition) is 5. The van der Waals surface area contributed by atoms with Crippen LogP contribution in [0.4, 0.5) is 0 Å². The van der Waals surface area contributed by atoms with Crippen LogP contribution in [-0.4, -0.2) is 46.3 Å². The molecule has 2 aliphatic heterocycles. The van der Waals surface area contributed by atoms with Gasteiger partial charge in [-0.1, -0.05) is 6.07 Å². The van der Waals surface area contributed by atoms with Crippen molar-refractivity contribution in [2.24, 2.45) is 5.92 Å². The number of fused-ring (bicyclic) bond motifs is 1. The molecule has 138 valence electrons. The predicted molar refractivity (Wildman–Crippen MR) is 100.0 cm³/mol. The van der Waals surface area contributed by atoms with Crippen LogP contribution in [0.1, 0.15) is 31.0 Å². The fraction of sp³-hybridized carbons (Fsp3) is 0.524. The SMILES string of the molecule is Cc1cccnc1CN1CC[C@@H]2O[C@@](C)(COc3cccnc3)C[C@@H]2C1. The van der Waals surface area contributed by atoms with E-state index in [1.807, 2.05) is 24.4 Å². The summed E-state index contributed by atoms with van der Waals surface area (Å²) in [5.41, 5.74) is 2.24. The summed E-state index contributed by atoms with van der Waals surface area (Å²) in [6, 6.07) is 7.98. The van der Waals surface area contributed by atoms with E-state index in [9.17, 15) is 0 Å². The van der Waals surface area contributed by atoms with Crippen LogP contribution in [0.2, 0.25) is 0 Å². The van der Waals surface area contributed by atoms with Crippen molar-refractivity contribution < 1.29 is 9.47 Å². The van der Waals surface area contributed by atoms with Crippen LogP contribution in [0.5, 0.6) is 5.75 Å². The van der Waals surface area contributed by atoms with E-state index in [0.717, 1.165) is 38.2 Å². The number of aromatic nitrogens is 2. The van der Waals surface area contributed by atoms with Crippen LogP contribution in [-0.2, 0) is 11.3 Å². The molecule has 2 aliphatic rings. The van der Waals surface area contributed by atoms with Crippen LogP contribution in [0.3, 0.4) is 0 Å². The molecule has 4 heterocycles. The molecular formula is C21H27N3O2. The Hall–Kier alpha value is -1.98. The number of ether oxygens (including phenoxy) is 2. The Morgan fingerprint density at radius 2 is 2.19 bits per heavy atom. The Kier molecular flexibility index (Phi) is 4.92. The van der Waals surface area contributed by atoms with Gasteiger partial charge in [0, 0.05) is 37.9 Å². The van der Waals surface area contributed by atoms with Gasteiger partial charge in [0.1, 0.15) is 18.0 Å². The monoisotopic (exact) mass is 353 g/mol. The molecule has 2 saturated heterocycles. The molecule has 5 nitrogen and oxygen atoms in total. The third-order valence-electron chi connectivity index (χ3n) is 5.55. The molecule has 4 rings (SSSR count). The lowest BCUT2D eigenvalue weighted by molar-refractivity contribution is -0.0698. The minimum absolute atomic E-state index is 0.220. The number of likely N-dealkylation sites (tertiary alicyclic amines) is 1. The van der Waals surface area contributed by atoms with Crippen molar-refractivity contribution in [3.63, 3.8) is 0 Å². The first kappa shape index (κ1) is 17.4. The summed E-state index contributed by atoms with van der Waals surface area (Å²) in [5, 5.41) is 0. The molecule has 26 heavy (non-hydrogen) atoms. The zero-order chi connectivity index (χ0) is 18.0. The lowest BCUT2D eigenvalue weighted by Gasteiger charge is -2.34. The summed E-state index contributed by atoms with van der Waals surface area (Å²) in [5.74, 6) is 1.37. The maximum absolute atomic E-state index is 6.41. The number of nitrogens with zero attached hydrogens (tertiary/aromatic N) is 3. The summed E-state index contributed by atoms with van der Waals surface area (Å²) >= 11 is 0. The van der Waals surface area contributed by atoms with Crippen molar-refractivity contribution >= 4 is 0 Å². The second kappa shape index (κ2) is 7.33. The first-order valence-corrected chi connectivity index (χ1v) is 9.45. The van der Waals surface area contributed by atoms with Crippen molar-refractivity contribution in [3.8, 4) is 5.75 Å². The van der Waals surface area contributed by atoms with Crippen LogP contribution < -0.4 is 4.74 Å². The van der Waals surface area contributed by atoms with Gasteiger partial charge in [0.15, 0.2) is 0 Å². The molecule has 0 spiro atoms. The first-order valence-electron chi connectivity index (χ1n) is 9.45. The van der Waals surface area contributed by atoms with Gasteiger partial charge in [-0.3, -0.25) is 14.9 Å². The van der Waals surface area contributed by atoms with E-state index in [2.05, 4.69) is 34.8 Å². The number of hydrogen-bond donors (Lipinski definition) is 0. The van der Waals surface area contributed by atoms with Crippen LogP contribution in [0, 0.1) is 12.8 Å². The van der Waals surface area contributed by atoms with Crippen molar-refractivity contribution in [3.05, 3.63) is 54.1 Å². The molecule has 0 N–H and O–H groups in total. The molecule has 0 radical (unpaired) electrons. The molecule has 5 heteroatoms. The maximum Gasteiger partial charge on any atom is 0.137 e. The van der Waals surface area contributed by atoms with Crippen molar-refractivity contribution in [2.75, 3.05) is 19.7 Å². The predicted octanol–water partition coefficient (Wildman–Crippen LogP) is 3.23. The van der Waals surface area contributed by atoms with E-state index < -0.39 is 0 Å². The molecule has 0 saturated carbocycles. The van der Waals surface area contributed by atoms with Gasteiger partial charge in [0.05, 0.1) is 18.0 Å². The van der Waals surface area contributed by atoms with Crippen LogP contribution >= 0.6 is 0 Å². The Morgan fingerprint density at radius 1 is 1.31 bits per heavy atom. The highest BCUT2D eigenvalue weighted by Crippen LogP contribution is 2.39. The highest BCUT2D eigenvalue weighted by molar-refractivity contribution is 5.18. The Bertz CT molecular complexity index is 739. The molecule has 0 unspecified atom stereocenters. The fourth-order valence-electron chi connectivity index (χ4n) is 4.21. The first-order chi connectivity index (χ1) is 12.6. The van der Waals surface area contributed by atoms with Gasteiger partial charge in [0.2, 0.25) is 0 Å². The third kappa shape index (κ3) is 3.89. The molecule has 0 bridgehead atoms. The van der Waals surface area contributed by atoms with Crippen molar-refractivity contribution in [1.29, 1.82) is 0 Å². The summed E-state index contributed by atoms with van der Waals surface area (Å²) in [6.07, 6.45) is 7.86. The van der Waals surface area contributed by atoms with Crippen molar-refractivity contribution in [2.45, 2.75) is 44.9 Å². The zero-order valence-corrected chi connectivity index (χ0v) is 15.6. The molecule has 0 aromatic carbocycles. The molecule has 2 fully saturated rings. The molecule has 2 aromatic rings. The molecule has 0 aliphatic carbocycles. The van der Waals surface area contributed by atoms with Gasteiger partial charge >= 0.3 is 0 Å². The largest absolute Gasteiger partial charge is 0.489 e. The van der Waals surface area contributed by atoms with E-state index in [4.69, 9.17) is 9.47 Å². The molecular weight excluding hydrogens is 326 g/mol. The molecule has 2 aromatic heterocycles. The highest BCUT2D eigenvalue weighted by Gasteiger charge is 2.46. The minimum Gasteiger partial charge on any atom is -0.489 e. The topological polar surface area (TPSA) is 47.5 Å². The van der Waals surface area contributed by atoms with E-state index >= 15 is 0 Å². The summed E-state index contributed by atoms with van der Waals surface area (Å²) in [4.78, 5) is 11.2. The minimum atomic E-state index is -0.220. The van der Waals surface area contributed by atoms with Gasteiger partial charge in [-0.25, -0.2) is 0 Å². The number of rotatable bonds is 5. The lowest BCUT2D eigenvalue weighted by atomic mass is 9.89. The average molecular weight is 353 g/mol. The Labute approximate surface area is 155 Å². The third-order valence-corrected chi connectivity index (χ3v) is 5.55. The second-order valence-corrected chi connectivity index (χ2v) is 7.84.